The van der Waals surface area contributed by atoms with Crippen LogP contribution in [-0.4, -0.2) is 11.7 Å². The van der Waals surface area contributed by atoms with Crippen molar-refractivity contribution >= 4 is 11.7 Å². The van der Waals surface area contributed by atoms with Crippen LogP contribution in [0.25, 0.3) is 0 Å². The van der Waals surface area contributed by atoms with Crippen LogP contribution in [0.3, 0.4) is 0 Å². The lowest BCUT2D eigenvalue weighted by Crippen LogP contribution is -2.25. The van der Waals surface area contributed by atoms with Crippen LogP contribution in [0, 0.1) is 0 Å². The first-order chi connectivity index (χ1) is 5.02. The molecule has 4 nitrogen and oxygen atoms in total. The van der Waals surface area contributed by atoms with Crippen molar-refractivity contribution in [1.82, 2.24) is 5.43 Å². The monoisotopic (exact) mass is 155 g/mol. The molecule has 0 aromatic carbocycles. The van der Waals surface area contributed by atoms with Crippen LogP contribution in [0.5, 0.6) is 0 Å². The van der Waals surface area contributed by atoms with Crippen molar-refractivity contribution < 1.29 is 4.79 Å². The zero-order chi connectivity index (χ0) is 8.85. The predicted octanol–water partition coefficient (Wildman–Crippen LogP) is 0.997. The Morgan fingerprint density at radius 3 is 2.55 bits per heavy atom. The molecule has 0 saturated heterocycles. The summed E-state index contributed by atoms with van der Waals surface area (Å²) in [6.45, 7) is 7.39. The van der Waals surface area contributed by atoms with Gasteiger partial charge in [0.1, 0.15) is 0 Å². The highest BCUT2D eigenvalue weighted by molar-refractivity contribution is 5.85. The molecule has 0 aliphatic carbocycles. The molecule has 0 aliphatic rings. The average molecular weight is 155 g/mol. The Labute approximate surface area is 66.2 Å². The molecule has 0 spiro atoms. The number of amides is 2. The predicted molar refractivity (Wildman–Crippen MR) is 45.3 cm³/mol. The van der Waals surface area contributed by atoms with E-state index in [9.17, 15) is 4.79 Å². The fourth-order valence-corrected chi connectivity index (χ4v) is 0.627. The van der Waals surface area contributed by atoms with Crippen molar-refractivity contribution in [3.63, 3.8) is 0 Å². The number of hydrogen-bond acceptors (Lipinski definition) is 2. The third-order valence-electron chi connectivity index (χ3n) is 0.915. The Kier molecular flexibility index (Phi) is 3.95. The van der Waals surface area contributed by atoms with E-state index in [1.807, 2.05) is 6.92 Å². The molecule has 0 aromatic rings. The van der Waals surface area contributed by atoms with Crippen molar-refractivity contribution in [2.45, 2.75) is 20.3 Å². The maximum absolute atomic E-state index is 10.2. The summed E-state index contributed by atoms with van der Waals surface area (Å²) >= 11 is 0. The molecule has 0 aliphatic heterocycles. The van der Waals surface area contributed by atoms with Crippen LogP contribution in [0.15, 0.2) is 17.3 Å². The Bertz CT molecular complexity index is 196. The molecule has 0 bridgehead atoms. The van der Waals surface area contributed by atoms with Crippen molar-refractivity contribution in [3.8, 4) is 0 Å². The number of nitrogens with two attached hydrogens (primary N) is 1. The first-order valence-corrected chi connectivity index (χ1v) is 3.25. The smallest absolute Gasteiger partial charge is 0.332 e. The Hall–Kier alpha value is -1.32. The summed E-state index contributed by atoms with van der Waals surface area (Å²) in [5.74, 6) is 0. The minimum atomic E-state index is -0.647. The number of carbonyl (C=O) groups excluding carboxylic acids is 1. The van der Waals surface area contributed by atoms with Crippen molar-refractivity contribution in [2.75, 3.05) is 0 Å². The topological polar surface area (TPSA) is 67.5 Å². The summed E-state index contributed by atoms with van der Waals surface area (Å²) in [5, 5.41) is 3.70. The molecule has 0 heterocycles. The fraction of sp³-hybridized carbons (Fsp3) is 0.429. The van der Waals surface area contributed by atoms with Crippen molar-refractivity contribution in [3.05, 3.63) is 12.2 Å². The SMILES string of the molecule is C=C(C)C/C(C)=N/NC(N)=O. The third-order valence-corrected chi connectivity index (χ3v) is 0.915. The van der Waals surface area contributed by atoms with Gasteiger partial charge >= 0.3 is 6.03 Å². The largest absolute Gasteiger partial charge is 0.350 e. The van der Waals surface area contributed by atoms with Gasteiger partial charge in [-0.3, -0.25) is 0 Å². The minimum Gasteiger partial charge on any atom is -0.350 e. The molecule has 0 unspecified atom stereocenters. The van der Waals surface area contributed by atoms with Crippen LogP contribution in [0.1, 0.15) is 20.3 Å². The third kappa shape index (κ3) is 6.57. The van der Waals surface area contributed by atoms with Gasteiger partial charge in [-0.2, -0.15) is 5.10 Å². The van der Waals surface area contributed by atoms with E-state index in [2.05, 4.69) is 17.1 Å². The van der Waals surface area contributed by atoms with Crippen LogP contribution in [0.4, 0.5) is 4.79 Å². The molecule has 0 radical (unpaired) electrons. The second-order valence-electron chi connectivity index (χ2n) is 2.46. The van der Waals surface area contributed by atoms with Gasteiger partial charge < -0.3 is 5.73 Å². The second kappa shape index (κ2) is 4.49. The van der Waals surface area contributed by atoms with Gasteiger partial charge in [-0.15, -0.1) is 0 Å². The zero-order valence-corrected chi connectivity index (χ0v) is 6.85. The van der Waals surface area contributed by atoms with Gasteiger partial charge in [0.2, 0.25) is 0 Å². The number of allylic oxidation sites excluding steroid dienone is 1. The maximum atomic E-state index is 10.2. The first-order valence-electron chi connectivity index (χ1n) is 3.25. The van der Waals surface area contributed by atoms with Crippen molar-refractivity contribution in [1.29, 1.82) is 0 Å². The lowest BCUT2D eigenvalue weighted by Gasteiger charge is -1.98. The van der Waals surface area contributed by atoms with Crippen molar-refractivity contribution in [2.24, 2.45) is 10.8 Å². The number of nitrogens with zero attached hydrogens (tertiary/aromatic N) is 1. The van der Waals surface area contributed by atoms with Gasteiger partial charge in [-0.1, -0.05) is 12.2 Å². The molecule has 4 heteroatoms. The number of rotatable bonds is 3. The van der Waals surface area contributed by atoms with Crippen LogP contribution in [0.2, 0.25) is 0 Å². The fourth-order valence-electron chi connectivity index (χ4n) is 0.627. The van der Waals surface area contributed by atoms with E-state index in [0.717, 1.165) is 11.3 Å². The number of carbonyl (C=O) groups is 1. The number of nitrogens with one attached hydrogen (secondary N) is 1. The van der Waals surface area contributed by atoms with E-state index in [1.54, 1.807) is 6.92 Å². The standard InChI is InChI=1S/C7H13N3O/c1-5(2)4-6(3)9-10-7(8)11/h1,4H2,2-3H3,(H3,8,10,11)/b9-6+. The lowest BCUT2D eigenvalue weighted by atomic mass is 10.2. The Morgan fingerprint density at radius 1 is 1.64 bits per heavy atom. The highest BCUT2D eigenvalue weighted by atomic mass is 16.2. The highest BCUT2D eigenvalue weighted by Crippen LogP contribution is 1.96. The molecule has 2 amide bonds. The summed E-state index contributed by atoms with van der Waals surface area (Å²) < 4.78 is 0. The van der Waals surface area contributed by atoms with E-state index in [1.165, 1.54) is 0 Å². The summed E-state index contributed by atoms with van der Waals surface area (Å²) in [6.07, 6.45) is 0.681. The second-order valence-corrected chi connectivity index (χ2v) is 2.46. The first kappa shape index (κ1) is 9.68. The molecular formula is C7H13N3O. The van der Waals surface area contributed by atoms with Crippen LogP contribution in [-0.2, 0) is 0 Å². The molecule has 11 heavy (non-hydrogen) atoms. The average Bonchev–Trinajstić information content (AvgIpc) is 1.82. The molecule has 0 aromatic heterocycles. The molecule has 3 N–H and O–H groups in total. The van der Waals surface area contributed by atoms with Gasteiger partial charge in [-0.05, 0) is 13.8 Å². The lowest BCUT2D eigenvalue weighted by molar-refractivity contribution is 0.249. The highest BCUT2D eigenvalue weighted by Gasteiger charge is 1.92. The van der Waals surface area contributed by atoms with E-state index in [4.69, 9.17) is 5.73 Å². The van der Waals surface area contributed by atoms with E-state index in [0.29, 0.717) is 6.42 Å². The molecule has 0 rings (SSSR count). The maximum Gasteiger partial charge on any atom is 0.332 e. The summed E-state index contributed by atoms with van der Waals surface area (Å²) in [7, 11) is 0. The molecular weight excluding hydrogens is 142 g/mol. The summed E-state index contributed by atoms with van der Waals surface area (Å²) in [4.78, 5) is 10.2. The minimum absolute atomic E-state index is 0.647. The van der Waals surface area contributed by atoms with E-state index >= 15 is 0 Å². The molecule has 62 valence electrons. The van der Waals surface area contributed by atoms with E-state index in [-0.39, 0.29) is 0 Å². The molecule has 0 fully saturated rings. The zero-order valence-electron chi connectivity index (χ0n) is 6.85. The van der Waals surface area contributed by atoms with Gasteiger partial charge in [0.15, 0.2) is 0 Å². The quantitative estimate of drug-likeness (QED) is 0.356. The molecule has 0 atom stereocenters. The van der Waals surface area contributed by atoms with Gasteiger partial charge in [0, 0.05) is 12.1 Å². The summed E-state index contributed by atoms with van der Waals surface area (Å²) in [5.41, 5.74) is 8.71. The number of hydrogen-bond donors (Lipinski definition) is 2. The summed E-state index contributed by atoms with van der Waals surface area (Å²) in [6, 6.07) is -0.647. The normalized spacial score (nSPS) is 10.9. The van der Waals surface area contributed by atoms with Gasteiger partial charge in [0.05, 0.1) is 0 Å². The van der Waals surface area contributed by atoms with Crippen LogP contribution >= 0.6 is 0 Å². The number of hydrazone groups is 1. The van der Waals surface area contributed by atoms with Crippen LogP contribution < -0.4 is 11.2 Å². The number of urea groups is 1. The molecule has 0 saturated carbocycles. The van der Waals surface area contributed by atoms with Gasteiger partial charge in [0.25, 0.3) is 0 Å². The van der Waals surface area contributed by atoms with E-state index < -0.39 is 6.03 Å². The van der Waals surface area contributed by atoms with Gasteiger partial charge in [-0.25, -0.2) is 10.2 Å². The number of primary amides is 1. The Balaban J connectivity index is 3.81. The Morgan fingerprint density at radius 2 is 2.18 bits per heavy atom.